The van der Waals surface area contributed by atoms with E-state index in [2.05, 4.69) is 25.8 Å². The van der Waals surface area contributed by atoms with Gasteiger partial charge in [0.15, 0.2) is 0 Å². The van der Waals surface area contributed by atoms with Gasteiger partial charge in [0.25, 0.3) is 0 Å². The van der Waals surface area contributed by atoms with Crippen molar-refractivity contribution in [2.75, 3.05) is 29.9 Å². The third-order valence-electron chi connectivity index (χ3n) is 7.91. The zero-order valence-corrected chi connectivity index (χ0v) is 26.4. The number of rotatable bonds is 4. The van der Waals surface area contributed by atoms with E-state index in [0.717, 1.165) is 52.9 Å². The highest BCUT2D eigenvalue weighted by molar-refractivity contribution is 9.10. The molecule has 0 unspecified atom stereocenters. The molecule has 1 saturated carbocycles. The van der Waals surface area contributed by atoms with Crippen molar-refractivity contribution in [2.45, 2.75) is 78.4 Å². The number of benzene rings is 1. The fourth-order valence-corrected chi connectivity index (χ4v) is 6.91. The Morgan fingerprint density at radius 3 is 2.52 bits per heavy atom. The molecule has 3 aliphatic rings. The SMILES string of the molecule is CN(C(=O)OC(C)(C)C)c1cc(F)c(Cl)c2c1Cc1ncc(Br)c(N3CC[C@]4(C[C@@H]4CC(=O)OC(C)(C)C)C3)c1-2. The van der Waals surface area contributed by atoms with E-state index in [1.54, 1.807) is 34.0 Å². The van der Waals surface area contributed by atoms with Crippen LogP contribution in [0, 0.1) is 17.2 Å². The maximum Gasteiger partial charge on any atom is 0.414 e. The molecular formula is C30H36BrClFN3O4. The minimum Gasteiger partial charge on any atom is -0.460 e. The van der Waals surface area contributed by atoms with E-state index in [-0.39, 0.29) is 22.3 Å². The van der Waals surface area contributed by atoms with E-state index < -0.39 is 23.1 Å². The third kappa shape index (κ3) is 5.43. The van der Waals surface area contributed by atoms with Crippen molar-refractivity contribution in [3.63, 3.8) is 0 Å². The summed E-state index contributed by atoms with van der Waals surface area (Å²) in [6, 6.07) is 1.29. The number of carbonyl (C=O) groups is 2. The molecule has 0 radical (unpaired) electrons. The number of pyridine rings is 1. The van der Waals surface area contributed by atoms with Crippen LogP contribution in [-0.2, 0) is 20.7 Å². The summed E-state index contributed by atoms with van der Waals surface area (Å²) in [6.07, 6.45) is 3.96. The molecule has 1 spiro atoms. The third-order valence-corrected chi connectivity index (χ3v) is 8.86. The number of anilines is 2. The Bertz CT molecular complexity index is 1400. The average molecular weight is 637 g/mol. The molecule has 0 bridgehead atoms. The summed E-state index contributed by atoms with van der Waals surface area (Å²) in [5.41, 5.74) is 3.06. The lowest BCUT2D eigenvalue weighted by Gasteiger charge is -2.27. The summed E-state index contributed by atoms with van der Waals surface area (Å²) in [5, 5.41) is 0.0133. The quantitative estimate of drug-likeness (QED) is 0.276. The molecule has 2 aliphatic carbocycles. The van der Waals surface area contributed by atoms with Crippen molar-refractivity contribution in [1.29, 1.82) is 0 Å². The number of nitrogens with zero attached hydrogens (tertiary/aromatic N) is 3. The van der Waals surface area contributed by atoms with Gasteiger partial charge in [-0.3, -0.25) is 14.7 Å². The number of ether oxygens (including phenoxy) is 2. The lowest BCUT2D eigenvalue weighted by molar-refractivity contribution is -0.155. The van der Waals surface area contributed by atoms with Crippen molar-refractivity contribution in [2.24, 2.45) is 11.3 Å². The van der Waals surface area contributed by atoms with Crippen molar-refractivity contribution in [3.05, 3.63) is 38.8 Å². The number of hydrogen-bond acceptors (Lipinski definition) is 6. The maximum atomic E-state index is 15.3. The van der Waals surface area contributed by atoms with E-state index in [4.69, 9.17) is 21.1 Å². The highest BCUT2D eigenvalue weighted by Crippen LogP contribution is 2.62. The van der Waals surface area contributed by atoms with Crippen molar-refractivity contribution >= 4 is 51.0 Å². The number of amides is 1. The first-order valence-corrected chi connectivity index (χ1v) is 14.8. The molecule has 1 aliphatic heterocycles. The zero-order chi connectivity index (χ0) is 29.4. The summed E-state index contributed by atoms with van der Waals surface area (Å²) >= 11 is 10.3. The molecule has 10 heteroatoms. The summed E-state index contributed by atoms with van der Waals surface area (Å²) in [6.45, 7) is 12.6. The van der Waals surface area contributed by atoms with Crippen LogP contribution in [0.15, 0.2) is 16.7 Å². The number of esters is 1. The second-order valence-corrected chi connectivity index (χ2v) is 14.5. The number of carbonyl (C=O) groups excluding carboxylic acids is 2. The molecule has 2 atom stereocenters. The molecule has 1 aromatic carbocycles. The van der Waals surface area contributed by atoms with Crippen molar-refractivity contribution in [1.82, 2.24) is 4.98 Å². The summed E-state index contributed by atoms with van der Waals surface area (Å²) in [7, 11) is 1.58. The molecule has 2 heterocycles. The van der Waals surface area contributed by atoms with E-state index in [9.17, 15) is 9.59 Å². The van der Waals surface area contributed by atoms with E-state index >= 15 is 4.39 Å². The van der Waals surface area contributed by atoms with Crippen LogP contribution in [0.1, 0.15) is 72.1 Å². The summed E-state index contributed by atoms with van der Waals surface area (Å²) < 4.78 is 27.2. The standard InChI is InChI=1S/C30H36BrClFN3O4/c1-28(2,3)39-22(37)10-16-13-30(16)8-9-36(15-30)26-18(31)14-34-20-11-17-21(35(7)27(38)40-29(4,5)6)12-19(33)25(32)23(17)24(20)26/h12,14,16H,8-11,13,15H2,1-7H3/t16-,30-/m0/s1. The van der Waals surface area contributed by atoms with Crippen LogP contribution in [-0.4, -0.2) is 48.4 Å². The topological polar surface area (TPSA) is 72.0 Å². The molecule has 1 amide bonds. The first-order chi connectivity index (χ1) is 18.5. The molecule has 0 N–H and O–H groups in total. The predicted molar refractivity (Wildman–Crippen MR) is 158 cm³/mol. The van der Waals surface area contributed by atoms with E-state index in [1.807, 2.05) is 20.8 Å². The van der Waals surface area contributed by atoms with Crippen LogP contribution in [0.2, 0.25) is 5.02 Å². The number of hydrogen-bond donors (Lipinski definition) is 0. The Morgan fingerprint density at radius 1 is 1.20 bits per heavy atom. The molecular weight excluding hydrogens is 601 g/mol. The van der Waals surface area contributed by atoms with Gasteiger partial charge in [-0.05, 0) is 93.3 Å². The van der Waals surface area contributed by atoms with Crippen LogP contribution >= 0.6 is 27.5 Å². The Balaban J connectivity index is 1.46. The predicted octanol–water partition coefficient (Wildman–Crippen LogP) is 7.53. The Morgan fingerprint density at radius 2 is 1.88 bits per heavy atom. The van der Waals surface area contributed by atoms with Crippen molar-refractivity contribution in [3.8, 4) is 11.1 Å². The fraction of sp³-hybridized carbons (Fsp3) is 0.567. The van der Waals surface area contributed by atoms with Gasteiger partial charge in [-0.1, -0.05) is 11.6 Å². The van der Waals surface area contributed by atoms with Gasteiger partial charge in [-0.2, -0.15) is 0 Å². The van der Waals surface area contributed by atoms with E-state index in [1.165, 1.54) is 11.0 Å². The molecule has 40 heavy (non-hydrogen) atoms. The van der Waals surface area contributed by atoms with Gasteiger partial charge >= 0.3 is 12.1 Å². The highest BCUT2D eigenvalue weighted by Gasteiger charge is 2.58. The van der Waals surface area contributed by atoms with Crippen LogP contribution in [0.4, 0.5) is 20.6 Å². The van der Waals surface area contributed by atoms with Crippen LogP contribution in [0.5, 0.6) is 0 Å². The van der Waals surface area contributed by atoms with Crippen LogP contribution in [0.25, 0.3) is 11.1 Å². The van der Waals surface area contributed by atoms with Gasteiger partial charge in [0.05, 0.1) is 26.6 Å². The lowest BCUT2D eigenvalue weighted by atomic mass is 10.0. The summed E-state index contributed by atoms with van der Waals surface area (Å²) in [4.78, 5) is 33.7. The van der Waals surface area contributed by atoms with Crippen LogP contribution in [0.3, 0.4) is 0 Å². The van der Waals surface area contributed by atoms with Crippen LogP contribution < -0.4 is 9.80 Å². The largest absolute Gasteiger partial charge is 0.460 e. The van der Waals surface area contributed by atoms with Crippen molar-refractivity contribution < 1.29 is 23.5 Å². The second kappa shape index (κ2) is 9.86. The van der Waals surface area contributed by atoms with Gasteiger partial charge in [0.2, 0.25) is 0 Å². The molecule has 7 nitrogen and oxygen atoms in total. The molecule has 1 aromatic heterocycles. The molecule has 2 aromatic rings. The van der Waals surface area contributed by atoms with E-state index in [0.29, 0.717) is 24.1 Å². The molecule has 1 saturated heterocycles. The number of fused-ring (bicyclic) bond motifs is 3. The minimum atomic E-state index is -0.697. The maximum absolute atomic E-state index is 15.3. The van der Waals surface area contributed by atoms with Gasteiger partial charge in [-0.25, -0.2) is 9.18 Å². The van der Waals surface area contributed by atoms with Gasteiger partial charge in [0, 0.05) is 50.3 Å². The fourth-order valence-electron chi connectivity index (χ4n) is 6.10. The smallest absolute Gasteiger partial charge is 0.414 e. The van der Waals surface area contributed by atoms with Gasteiger partial charge < -0.3 is 14.4 Å². The first kappa shape index (κ1) is 29.1. The molecule has 2 fully saturated rings. The molecule has 216 valence electrons. The Labute approximate surface area is 248 Å². The first-order valence-electron chi connectivity index (χ1n) is 13.6. The van der Waals surface area contributed by atoms with Gasteiger partial charge in [0.1, 0.15) is 17.0 Å². The Kier molecular flexibility index (Phi) is 7.18. The zero-order valence-electron chi connectivity index (χ0n) is 24.1. The Hall–Kier alpha value is -2.39. The second-order valence-electron chi connectivity index (χ2n) is 13.3. The monoisotopic (exact) mass is 635 g/mol. The minimum absolute atomic E-state index is 0.0133. The average Bonchev–Trinajstić information content (AvgIpc) is 3.13. The molecule has 5 rings (SSSR count). The number of halogens is 3. The number of aromatic nitrogens is 1. The normalized spacial score (nSPS) is 21.4. The highest BCUT2D eigenvalue weighted by atomic mass is 79.9. The van der Waals surface area contributed by atoms with Gasteiger partial charge in [-0.15, -0.1) is 0 Å². The summed E-state index contributed by atoms with van der Waals surface area (Å²) in [5.74, 6) is -0.484. The lowest BCUT2D eigenvalue weighted by Crippen LogP contribution is -2.34.